The zero-order valence-corrected chi connectivity index (χ0v) is 9.12. The lowest BCUT2D eigenvalue weighted by atomic mass is 15.7. The average Bonchev–Trinajstić information content (AvgIpc) is 1.86. The maximum absolute atomic E-state index is 10.5. The molecule has 2 N–H and O–H groups in total. The molecule has 6 nitrogen and oxygen atoms in total. The molecule has 0 aromatic rings. The monoisotopic (exact) mass is 258 g/mol. The number of hydrogen-bond acceptors (Lipinski definition) is 7. The van der Waals surface area contributed by atoms with Gasteiger partial charge in [0.2, 0.25) is 0 Å². The van der Waals surface area contributed by atoms with E-state index in [0.717, 1.165) is 0 Å². The number of thiol groups is 2. The summed E-state index contributed by atoms with van der Waals surface area (Å²) in [5.74, 6) is 0. The van der Waals surface area contributed by atoms with Gasteiger partial charge in [0.15, 0.2) is 0 Å². The lowest BCUT2D eigenvalue weighted by Gasteiger charge is -2.13. The topological polar surface area (TPSA) is 85.2 Å². The van der Waals surface area contributed by atoms with Crippen LogP contribution >= 0.6 is 40.4 Å². The van der Waals surface area contributed by atoms with Crippen molar-refractivity contribution >= 4 is 52.2 Å². The van der Waals surface area contributed by atoms with E-state index >= 15 is 0 Å². The van der Waals surface area contributed by atoms with Crippen LogP contribution in [0.2, 0.25) is 0 Å². The van der Waals surface area contributed by atoms with Crippen LogP contribution in [-0.4, -0.2) is 9.79 Å². The minimum atomic E-state index is -4.43. The molecule has 2 unspecified atom stereocenters. The van der Waals surface area contributed by atoms with Crippen LogP contribution in [0.5, 0.6) is 0 Å². The van der Waals surface area contributed by atoms with Crippen molar-refractivity contribution in [3.63, 3.8) is 0 Å². The normalized spacial score (nSPS) is 22.2. The Morgan fingerprint density at radius 2 is 1.73 bits per heavy atom. The highest BCUT2D eigenvalue weighted by atomic mass is 32.5. The van der Waals surface area contributed by atoms with Crippen molar-refractivity contribution in [2.75, 3.05) is 0 Å². The van der Waals surface area contributed by atoms with Gasteiger partial charge in [0.25, 0.3) is 0 Å². The highest BCUT2D eigenvalue weighted by Crippen LogP contribution is 2.61. The first-order chi connectivity index (χ1) is 4.83. The van der Waals surface area contributed by atoms with E-state index in [2.05, 4.69) is 49.9 Å². The second kappa shape index (κ2) is 4.57. The van der Waals surface area contributed by atoms with Gasteiger partial charge < -0.3 is 9.79 Å². The first-order valence-electron chi connectivity index (χ1n) is 1.86. The van der Waals surface area contributed by atoms with Crippen LogP contribution in [-0.2, 0) is 28.6 Å². The molecule has 0 aliphatic rings. The summed E-state index contributed by atoms with van der Waals surface area (Å²) in [6.45, 7) is -3.80. The molecule has 0 aromatic carbocycles. The number of phosphoric acid groups is 1. The molecule has 0 rings (SSSR count). The van der Waals surface area contributed by atoms with Gasteiger partial charge in [-0.05, 0) is 37.6 Å². The molecule has 0 fully saturated rings. The molecule has 0 amide bonds. The molecule has 0 bridgehead atoms. The van der Waals surface area contributed by atoms with Crippen molar-refractivity contribution in [3.8, 4) is 0 Å². The highest BCUT2D eigenvalue weighted by Gasteiger charge is 2.30. The van der Waals surface area contributed by atoms with Gasteiger partial charge in [-0.15, -0.1) is 0 Å². The fraction of sp³-hybridized carbons (Fsp3) is 0. The Labute approximate surface area is 79.0 Å². The smallest absolute Gasteiger partial charge is 0.323 e. The van der Waals surface area contributed by atoms with Crippen molar-refractivity contribution in [2.24, 2.45) is 0 Å². The van der Waals surface area contributed by atoms with E-state index in [1.54, 1.807) is 0 Å². The Hall–Kier alpha value is 1.38. The molecule has 0 saturated carbocycles. The van der Waals surface area contributed by atoms with E-state index in [9.17, 15) is 4.57 Å². The van der Waals surface area contributed by atoms with Gasteiger partial charge in [0, 0.05) is 0 Å². The fourth-order valence-corrected chi connectivity index (χ4v) is 2.74. The quantitative estimate of drug-likeness (QED) is 0.340. The summed E-state index contributed by atoms with van der Waals surface area (Å²) in [7, 11) is -4.43. The minimum absolute atomic E-state index is 2.99. The van der Waals surface area contributed by atoms with E-state index in [-0.39, 0.29) is 0 Å². The van der Waals surface area contributed by atoms with Gasteiger partial charge in [-0.3, -0.25) is 0 Å². The summed E-state index contributed by atoms with van der Waals surface area (Å²) in [6.07, 6.45) is 0. The van der Waals surface area contributed by atoms with Crippen molar-refractivity contribution in [2.45, 2.75) is 0 Å². The molecule has 0 saturated heterocycles. The maximum Gasteiger partial charge on any atom is 0.490 e. The fourth-order valence-electron chi connectivity index (χ4n) is 0.160. The molecule has 11 heteroatoms. The summed E-state index contributed by atoms with van der Waals surface area (Å²) in [6, 6.07) is 0. The molecule has 0 heterocycles. The van der Waals surface area contributed by atoms with Gasteiger partial charge in [0.05, 0.1) is 0 Å². The van der Waals surface area contributed by atoms with Crippen LogP contribution in [0.3, 0.4) is 0 Å². The molecule has 2 atom stereocenters. The first-order valence-corrected chi connectivity index (χ1v) is 6.68. The van der Waals surface area contributed by atoms with Crippen molar-refractivity contribution in [1.29, 1.82) is 0 Å². The predicted octanol–water partition coefficient (Wildman–Crippen LogP) is 1.04. The third kappa shape index (κ3) is 5.59. The Morgan fingerprint density at radius 3 is 2.00 bits per heavy atom. The van der Waals surface area contributed by atoms with Gasteiger partial charge >= 0.3 is 14.5 Å². The molecule has 0 spiro atoms. The third-order valence-electron chi connectivity index (χ3n) is 0.413. The molecule has 68 valence electrons. The lowest BCUT2D eigenvalue weighted by molar-refractivity contribution is 0.287. The first kappa shape index (κ1) is 12.4. The highest BCUT2D eigenvalue weighted by molar-refractivity contribution is 8.11. The van der Waals surface area contributed by atoms with E-state index in [0.29, 0.717) is 0 Å². The summed E-state index contributed by atoms with van der Waals surface area (Å²) in [5, 5.41) is 0. The van der Waals surface area contributed by atoms with E-state index < -0.39 is 14.5 Å². The molecule has 0 aromatic heterocycles. The zero-order chi connectivity index (χ0) is 9.12. The second-order valence-corrected chi connectivity index (χ2v) is 6.40. The Kier molecular flexibility index (Phi) is 5.14. The van der Waals surface area contributed by atoms with Gasteiger partial charge in [-0.2, -0.15) is 0 Å². The Morgan fingerprint density at radius 1 is 1.27 bits per heavy atom. The van der Waals surface area contributed by atoms with Crippen LogP contribution in [0.15, 0.2) is 0 Å². The number of hydrogen-bond donors (Lipinski definition) is 4. The van der Waals surface area contributed by atoms with Crippen molar-refractivity contribution < 1.29 is 26.6 Å². The van der Waals surface area contributed by atoms with E-state index in [1.807, 2.05) is 0 Å². The van der Waals surface area contributed by atoms with Crippen LogP contribution < -0.4 is 0 Å². The van der Waals surface area contributed by atoms with E-state index in [4.69, 9.17) is 9.79 Å². The van der Waals surface area contributed by atoms with Crippen molar-refractivity contribution in [3.05, 3.63) is 0 Å². The molecular weight excluding hydrogens is 254 g/mol. The summed E-state index contributed by atoms with van der Waals surface area (Å²) >= 11 is 10.3. The largest absolute Gasteiger partial charge is 0.490 e. The molecule has 11 heavy (non-hydrogen) atoms. The van der Waals surface area contributed by atoms with Crippen molar-refractivity contribution in [1.82, 2.24) is 0 Å². The van der Waals surface area contributed by atoms with Crippen LogP contribution in [0.1, 0.15) is 0 Å². The van der Waals surface area contributed by atoms with Crippen LogP contribution in [0, 0.1) is 0 Å². The third-order valence-corrected chi connectivity index (χ3v) is 4.91. The van der Waals surface area contributed by atoms with Crippen LogP contribution in [0.4, 0.5) is 0 Å². The predicted molar refractivity (Wildman–Crippen MR) is 47.6 cm³/mol. The van der Waals surface area contributed by atoms with Crippen LogP contribution in [0.25, 0.3) is 0 Å². The standard InChI is InChI=1S/H4O6P2S3/c1-7(2,5-9)4-8(3,11)6-10/h9-10H,(H,1,2)(H,3,11). The van der Waals surface area contributed by atoms with Gasteiger partial charge in [0.1, 0.15) is 0 Å². The molecular formula is H4O6P2S3. The van der Waals surface area contributed by atoms with Gasteiger partial charge in [-0.1, -0.05) is 0 Å². The minimum Gasteiger partial charge on any atom is -0.323 e. The summed E-state index contributed by atoms with van der Waals surface area (Å²) in [4.78, 5) is 17.3. The average molecular weight is 258 g/mol. The van der Waals surface area contributed by atoms with E-state index in [1.165, 1.54) is 0 Å². The van der Waals surface area contributed by atoms with Gasteiger partial charge in [-0.25, -0.2) is 16.8 Å². The number of rotatable bonds is 4. The Balaban J connectivity index is 4.26. The SMILES string of the molecule is O=P(O)(OS)OP(O)(=S)OS. The summed E-state index contributed by atoms with van der Waals surface area (Å²) in [5.41, 5.74) is 0. The molecule has 0 radical (unpaired) electrons. The second-order valence-electron chi connectivity index (χ2n) is 1.18. The Bertz CT molecular complexity index is 190. The summed E-state index contributed by atoms with van der Waals surface area (Å²) < 4.78 is 21.9. The zero-order valence-electron chi connectivity index (χ0n) is 4.72. The maximum atomic E-state index is 10.5. The molecule has 0 aliphatic heterocycles. The molecule has 0 aliphatic carbocycles. The lowest BCUT2D eigenvalue weighted by Crippen LogP contribution is -1.87.